The van der Waals surface area contributed by atoms with Crippen molar-refractivity contribution in [2.45, 2.75) is 93.8 Å². The minimum absolute atomic E-state index is 0.283. The first-order chi connectivity index (χ1) is 27.0. The van der Waals surface area contributed by atoms with E-state index in [0.717, 1.165) is 0 Å². The van der Waals surface area contributed by atoms with Gasteiger partial charge in [-0.05, 0) is 127 Å². The van der Waals surface area contributed by atoms with Crippen molar-refractivity contribution in [2.24, 2.45) is 0 Å². The van der Waals surface area contributed by atoms with Gasteiger partial charge in [-0.2, -0.15) is 0 Å². The lowest BCUT2D eigenvalue weighted by Gasteiger charge is -2.33. The Morgan fingerprint density at radius 3 is 1.16 bits per heavy atom. The second-order valence-corrected chi connectivity index (χ2v) is 15.3. The number of aryl methyl sites for hydroxylation is 5. The zero-order chi connectivity index (χ0) is 39.9. The predicted octanol–water partition coefficient (Wildman–Crippen LogP) is 12.2. The summed E-state index contributed by atoms with van der Waals surface area (Å²) >= 11 is 0. The van der Waals surface area contributed by atoms with Crippen molar-refractivity contribution in [1.29, 1.82) is 0 Å². The van der Waals surface area contributed by atoms with E-state index in [2.05, 4.69) is 251 Å². The van der Waals surface area contributed by atoms with Gasteiger partial charge in [-0.1, -0.05) is 91.0 Å². The van der Waals surface area contributed by atoms with Crippen molar-refractivity contribution in [2.75, 3.05) is 24.5 Å². The van der Waals surface area contributed by atoms with Gasteiger partial charge in [0.15, 0.2) is 0 Å². The third kappa shape index (κ3) is 8.50. The van der Waals surface area contributed by atoms with E-state index >= 15 is 0 Å². The highest BCUT2D eigenvalue weighted by atomic mass is 15.4. The summed E-state index contributed by atoms with van der Waals surface area (Å²) in [6, 6.07) is 43.1. The Kier molecular flexibility index (Phi) is 12.6. The maximum absolute atomic E-state index is 2.37. The molecule has 0 saturated carbocycles. The first-order valence-corrected chi connectivity index (χ1v) is 20.0. The molecule has 5 aromatic carbocycles. The lowest BCUT2D eigenvalue weighted by molar-refractivity contribution is 0.263. The van der Waals surface area contributed by atoms with Crippen LogP contribution in [0.15, 0.2) is 159 Å². The van der Waals surface area contributed by atoms with Gasteiger partial charge in [-0.3, -0.25) is 0 Å². The predicted molar refractivity (Wildman–Crippen MR) is 241 cm³/mol. The van der Waals surface area contributed by atoms with Crippen LogP contribution in [0.1, 0.15) is 62.4 Å². The topological polar surface area (TPSA) is 19.4 Å². The molecule has 0 aliphatic carbocycles. The highest BCUT2D eigenvalue weighted by Crippen LogP contribution is 2.35. The molecular weight excluding hydrogens is 685 g/mol. The summed E-state index contributed by atoms with van der Waals surface area (Å²) < 4.78 is 0. The molecule has 0 fully saturated rings. The molecule has 8 rings (SSSR count). The van der Waals surface area contributed by atoms with E-state index in [1.165, 1.54) is 56.3 Å². The van der Waals surface area contributed by atoms with Gasteiger partial charge in [0.05, 0.1) is 0 Å². The smallest absolute Gasteiger partial charge is 0.107 e. The van der Waals surface area contributed by atoms with Gasteiger partial charge in [0.25, 0.3) is 0 Å². The largest absolute Gasteiger partial charge is 0.353 e. The molecule has 56 heavy (non-hydrogen) atoms. The average Bonchev–Trinajstić information content (AvgIpc) is 3.89. The molecule has 0 saturated heterocycles. The molecule has 3 aliphatic rings. The first-order valence-electron chi connectivity index (χ1n) is 20.0. The number of rotatable bonds is 6. The van der Waals surface area contributed by atoms with Crippen molar-refractivity contribution in [3.8, 4) is 0 Å². The van der Waals surface area contributed by atoms with E-state index in [1.54, 1.807) is 0 Å². The molecule has 3 atom stereocenters. The van der Waals surface area contributed by atoms with Crippen LogP contribution in [-0.2, 0) is 0 Å². The summed E-state index contributed by atoms with van der Waals surface area (Å²) in [5.41, 5.74) is 12.9. The van der Waals surface area contributed by atoms with E-state index in [9.17, 15) is 0 Å². The van der Waals surface area contributed by atoms with Gasteiger partial charge >= 0.3 is 0 Å². The van der Waals surface area contributed by atoms with Crippen LogP contribution in [0, 0.1) is 34.6 Å². The molecule has 0 unspecified atom stereocenters. The van der Waals surface area contributed by atoms with Crippen LogP contribution < -0.4 is 24.5 Å². The summed E-state index contributed by atoms with van der Waals surface area (Å²) in [4.78, 5) is 14.0. The molecule has 3 heterocycles. The maximum atomic E-state index is 2.37. The Balaban J connectivity index is 0.000000144. The monoisotopic (exact) mass is 744 g/mol. The number of para-hydroxylation sites is 5. The number of hydrogen-bond donors (Lipinski definition) is 0. The Hall–Kier alpha value is -5.88. The summed E-state index contributed by atoms with van der Waals surface area (Å²) in [5.74, 6) is 0. The summed E-state index contributed by atoms with van der Waals surface area (Å²) in [7, 11) is 0. The van der Waals surface area contributed by atoms with E-state index in [1.807, 2.05) is 6.07 Å². The van der Waals surface area contributed by atoms with E-state index in [4.69, 9.17) is 0 Å². The molecule has 5 aromatic rings. The molecule has 3 aliphatic heterocycles. The second kappa shape index (κ2) is 17.7. The van der Waals surface area contributed by atoms with Gasteiger partial charge in [0.2, 0.25) is 0 Å². The first kappa shape index (κ1) is 39.8. The molecule has 0 spiro atoms. The molecule has 0 aromatic heterocycles. The lowest BCUT2D eigenvalue weighted by atomic mass is 10.1. The SMILES string of the molecule is Cc1ccccc1N1C=CN(C(C)C)[C@H]1C.Cc1ccccc1N1C=CN(c2c(C)cccc2C)[C@H]1C.Cc1ccccc1N1C=CN(c2ccccc2)[C@H]1C. The van der Waals surface area contributed by atoms with Crippen LogP contribution in [0.25, 0.3) is 0 Å². The van der Waals surface area contributed by atoms with Crippen LogP contribution in [0.4, 0.5) is 28.4 Å². The summed E-state index contributed by atoms with van der Waals surface area (Å²) in [6.45, 7) is 22.0. The van der Waals surface area contributed by atoms with Crippen molar-refractivity contribution < 1.29 is 0 Å². The van der Waals surface area contributed by atoms with E-state index in [-0.39, 0.29) is 6.17 Å². The third-order valence-electron chi connectivity index (χ3n) is 11.1. The Morgan fingerprint density at radius 2 is 0.714 bits per heavy atom. The molecule has 0 amide bonds. The number of hydrogen-bond acceptors (Lipinski definition) is 6. The molecule has 6 nitrogen and oxygen atoms in total. The summed E-state index contributed by atoms with van der Waals surface area (Å²) in [6.07, 6.45) is 14.0. The quantitative estimate of drug-likeness (QED) is 0.171. The standard InChI is InChI=1S/C19H22N2.C17H18N2.C14H20N2/c1-14-8-5-6-11-18(14)20-12-13-21(17(20)4)19-15(2)9-7-10-16(19)3;1-14-8-6-7-11-17(14)19-13-12-18(15(19)2)16-9-4-3-5-10-16;1-11(2)15-9-10-16(13(15)4)14-8-6-5-7-12(14)3/h5-13,17H,1-4H3;3-13,15H,1-2H3;5-11,13H,1-4H3/t17-;15-;13-/m011/s1. The molecule has 290 valence electrons. The van der Waals surface area contributed by atoms with Crippen LogP contribution in [0.2, 0.25) is 0 Å². The van der Waals surface area contributed by atoms with Crippen molar-refractivity contribution in [3.63, 3.8) is 0 Å². The Labute approximate surface area is 336 Å². The molecule has 6 heteroatoms. The maximum Gasteiger partial charge on any atom is 0.107 e. The minimum Gasteiger partial charge on any atom is -0.353 e. The fourth-order valence-electron chi connectivity index (χ4n) is 7.98. The van der Waals surface area contributed by atoms with Crippen molar-refractivity contribution >= 4 is 28.4 Å². The molecule has 0 N–H and O–H groups in total. The van der Waals surface area contributed by atoms with Crippen LogP contribution in [-0.4, -0.2) is 29.4 Å². The van der Waals surface area contributed by atoms with Gasteiger partial charge in [-0.15, -0.1) is 0 Å². The fraction of sp³-hybridized carbons (Fsp3) is 0.280. The lowest BCUT2D eigenvalue weighted by Crippen LogP contribution is -2.39. The van der Waals surface area contributed by atoms with Crippen LogP contribution in [0.3, 0.4) is 0 Å². The van der Waals surface area contributed by atoms with Crippen molar-refractivity contribution in [1.82, 2.24) is 4.90 Å². The highest BCUT2D eigenvalue weighted by molar-refractivity contribution is 5.68. The van der Waals surface area contributed by atoms with Gasteiger partial charge in [0, 0.05) is 71.7 Å². The molecule has 0 radical (unpaired) electrons. The van der Waals surface area contributed by atoms with Crippen LogP contribution >= 0.6 is 0 Å². The Morgan fingerprint density at radius 1 is 0.357 bits per heavy atom. The number of anilines is 5. The van der Waals surface area contributed by atoms with E-state index < -0.39 is 0 Å². The summed E-state index contributed by atoms with van der Waals surface area (Å²) in [5, 5.41) is 0. The van der Waals surface area contributed by atoms with Crippen molar-refractivity contribution in [3.05, 3.63) is 186 Å². The highest BCUT2D eigenvalue weighted by Gasteiger charge is 2.28. The fourth-order valence-corrected chi connectivity index (χ4v) is 7.98. The number of nitrogens with zero attached hydrogens (tertiary/aromatic N) is 6. The zero-order valence-corrected chi connectivity index (χ0v) is 35.0. The number of benzene rings is 5. The second-order valence-electron chi connectivity index (χ2n) is 15.3. The van der Waals surface area contributed by atoms with Gasteiger partial charge in [0.1, 0.15) is 18.5 Å². The van der Waals surface area contributed by atoms with Crippen LogP contribution in [0.5, 0.6) is 0 Å². The zero-order valence-electron chi connectivity index (χ0n) is 35.0. The third-order valence-corrected chi connectivity index (χ3v) is 11.1. The van der Waals surface area contributed by atoms with Gasteiger partial charge < -0.3 is 29.4 Å². The van der Waals surface area contributed by atoms with Gasteiger partial charge in [-0.25, -0.2) is 0 Å². The molecule has 0 bridgehead atoms. The normalized spacial score (nSPS) is 18.4. The molecular formula is C50H60N6. The van der Waals surface area contributed by atoms with E-state index in [0.29, 0.717) is 18.4 Å². The Bertz CT molecular complexity index is 2130. The average molecular weight is 745 g/mol. The minimum atomic E-state index is 0.283.